The average Bonchev–Trinajstić information content (AvgIpc) is 2.99. The molecule has 2 aromatic heterocycles. The molecule has 0 saturated heterocycles. The molecule has 2 rings (SSSR count). The molecule has 0 atom stereocenters. The van der Waals surface area contributed by atoms with Crippen molar-refractivity contribution in [1.29, 1.82) is 0 Å². The second kappa shape index (κ2) is 6.70. The zero-order valence-electron chi connectivity index (χ0n) is 11.8. The van der Waals surface area contributed by atoms with Gasteiger partial charge in [-0.15, -0.1) is 0 Å². The van der Waals surface area contributed by atoms with E-state index in [0.29, 0.717) is 24.5 Å². The fourth-order valence-electron chi connectivity index (χ4n) is 1.85. The van der Waals surface area contributed by atoms with Crippen LogP contribution in [0.1, 0.15) is 23.0 Å². The molecule has 0 aliphatic heterocycles. The van der Waals surface area contributed by atoms with Crippen LogP contribution in [0.3, 0.4) is 0 Å². The van der Waals surface area contributed by atoms with Gasteiger partial charge < -0.3 is 10.6 Å². The fourth-order valence-corrected chi connectivity index (χ4v) is 1.85. The second-order valence-corrected chi connectivity index (χ2v) is 4.36. The summed E-state index contributed by atoms with van der Waals surface area (Å²) in [5.74, 6) is 0.618. The molecule has 0 radical (unpaired) electrons. The molecular weight excluding hydrogens is 254 g/mol. The predicted molar refractivity (Wildman–Crippen MR) is 77.7 cm³/mol. The van der Waals surface area contributed by atoms with E-state index >= 15 is 0 Å². The van der Waals surface area contributed by atoms with Crippen LogP contribution in [0.2, 0.25) is 0 Å². The van der Waals surface area contributed by atoms with Gasteiger partial charge in [-0.3, -0.25) is 9.48 Å². The molecule has 20 heavy (non-hydrogen) atoms. The highest BCUT2D eigenvalue weighted by molar-refractivity contribution is 5.94. The normalized spacial score (nSPS) is 10.3. The van der Waals surface area contributed by atoms with Gasteiger partial charge in [0.15, 0.2) is 0 Å². The van der Waals surface area contributed by atoms with Gasteiger partial charge in [0.05, 0.1) is 6.54 Å². The van der Waals surface area contributed by atoms with Crippen molar-refractivity contribution in [2.75, 3.05) is 18.9 Å². The molecule has 106 valence electrons. The zero-order chi connectivity index (χ0) is 14.4. The minimum Gasteiger partial charge on any atom is -0.373 e. The summed E-state index contributed by atoms with van der Waals surface area (Å²) in [6.45, 7) is 3.21. The topological polar surface area (TPSA) is 71.8 Å². The summed E-state index contributed by atoms with van der Waals surface area (Å²) in [6, 6.07) is 5.43. The summed E-state index contributed by atoms with van der Waals surface area (Å²) in [4.78, 5) is 16.5. The number of nitrogens with zero attached hydrogens (tertiary/aromatic N) is 3. The van der Waals surface area contributed by atoms with Crippen molar-refractivity contribution in [2.24, 2.45) is 0 Å². The number of pyridine rings is 1. The van der Waals surface area contributed by atoms with Gasteiger partial charge in [-0.25, -0.2) is 4.98 Å². The maximum absolute atomic E-state index is 12.1. The van der Waals surface area contributed by atoms with Gasteiger partial charge in [0.2, 0.25) is 0 Å². The zero-order valence-corrected chi connectivity index (χ0v) is 11.8. The van der Waals surface area contributed by atoms with Gasteiger partial charge in [0, 0.05) is 37.2 Å². The van der Waals surface area contributed by atoms with E-state index in [1.165, 1.54) is 0 Å². The Hall–Kier alpha value is -2.37. The molecule has 2 heterocycles. The predicted octanol–water partition coefficient (Wildman–Crippen LogP) is 1.31. The third kappa shape index (κ3) is 3.57. The molecule has 0 unspecified atom stereocenters. The van der Waals surface area contributed by atoms with Crippen molar-refractivity contribution in [2.45, 2.75) is 19.9 Å². The molecule has 2 N–H and O–H groups in total. The van der Waals surface area contributed by atoms with Crippen LogP contribution in [0.15, 0.2) is 30.6 Å². The second-order valence-electron chi connectivity index (χ2n) is 4.36. The first-order chi connectivity index (χ1) is 9.72. The molecule has 0 aliphatic rings. The largest absolute Gasteiger partial charge is 0.373 e. The first-order valence-electron chi connectivity index (χ1n) is 6.67. The van der Waals surface area contributed by atoms with Crippen LogP contribution >= 0.6 is 0 Å². The average molecular weight is 273 g/mol. The van der Waals surface area contributed by atoms with Gasteiger partial charge in [0.1, 0.15) is 5.82 Å². The summed E-state index contributed by atoms with van der Waals surface area (Å²) in [5, 5.41) is 9.94. The third-order valence-corrected chi connectivity index (χ3v) is 2.94. The number of carbonyl (C=O) groups excluding carboxylic acids is 1. The molecule has 0 aliphatic carbocycles. The third-order valence-electron chi connectivity index (χ3n) is 2.94. The van der Waals surface area contributed by atoms with Crippen molar-refractivity contribution in [3.8, 4) is 0 Å². The molecule has 1 amide bonds. The summed E-state index contributed by atoms with van der Waals surface area (Å²) in [7, 11) is 1.79. The highest BCUT2D eigenvalue weighted by Gasteiger charge is 2.08. The van der Waals surface area contributed by atoms with Gasteiger partial charge in [0.25, 0.3) is 5.91 Å². The van der Waals surface area contributed by atoms with E-state index in [1.54, 1.807) is 24.0 Å². The van der Waals surface area contributed by atoms with Crippen LogP contribution in [-0.2, 0) is 13.0 Å². The Morgan fingerprint density at radius 1 is 1.40 bits per heavy atom. The van der Waals surface area contributed by atoms with Crippen molar-refractivity contribution in [3.63, 3.8) is 0 Å². The number of rotatable bonds is 6. The molecule has 2 aromatic rings. The Labute approximate surface area is 118 Å². The number of aryl methyl sites for hydroxylation is 1. The number of hydrogen-bond acceptors (Lipinski definition) is 4. The summed E-state index contributed by atoms with van der Waals surface area (Å²) >= 11 is 0. The maximum Gasteiger partial charge on any atom is 0.251 e. The lowest BCUT2D eigenvalue weighted by Gasteiger charge is -2.09. The van der Waals surface area contributed by atoms with Crippen molar-refractivity contribution >= 4 is 11.7 Å². The van der Waals surface area contributed by atoms with E-state index in [1.807, 2.05) is 25.3 Å². The van der Waals surface area contributed by atoms with Gasteiger partial charge in [-0.2, -0.15) is 5.10 Å². The lowest BCUT2D eigenvalue weighted by Crippen LogP contribution is -2.27. The highest BCUT2D eigenvalue weighted by atomic mass is 16.1. The van der Waals surface area contributed by atoms with Crippen LogP contribution in [0.4, 0.5) is 5.82 Å². The van der Waals surface area contributed by atoms with Crippen LogP contribution in [0.25, 0.3) is 0 Å². The first-order valence-corrected chi connectivity index (χ1v) is 6.67. The van der Waals surface area contributed by atoms with Crippen molar-refractivity contribution in [3.05, 3.63) is 41.9 Å². The Morgan fingerprint density at radius 2 is 2.25 bits per heavy atom. The van der Waals surface area contributed by atoms with E-state index in [0.717, 1.165) is 12.1 Å². The number of hydrogen-bond donors (Lipinski definition) is 2. The molecular formula is C14H19N5O. The van der Waals surface area contributed by atoms with E-state index < -0.39 is 0 Å². The van der Waals surface area contributed by atoms with Gasteiger partial charge in [-0.05, 0) is 24.6 Å². The lowest BCUT2D eigenvalue weighted by atomic mass is 10.2. The molecule has 0 spiro atoms. The molecule has 6 nitrogen and oxygen atoms in total. The van der Waals surface area contributed by atoms with E-state index in [9.17, 15) is 4.79 Å². The van der Waals surface area contributed by atoms with E-state index in [4.69, 9.17) is 0 Å². The summed E-state index contributed by atoms with van der Waals surface area (Å²) < 4.78 is 1.78. The maximum atomic E-state index is 12.1. The standard InChI is InChI=1S/C14H19N5O/c1-3-12-9-11(10-13(15-2)18-12)14(20)16-6-8-19-7-4-5-17-19/h4-5,7,9-10H,3,6,8H2,1-2H3,(H,15,18)(H,16,20). The van der Waals surface area contributed by atoms with Crippen LogP contribution in [-0.4, -0.2) is 34.3 Å². The highest BCUT2D eigenvalue weighted by Crippen LogP contribution is 2.10. The molecule has 0 bridgehead atoms. The molecule has 6 heteroatoms. The molecule has 0 aromatic carbocycles. The molecule has 0 fully saturated rings. The number of carbonyl (C=O) groups is 1. The first kappa shape index (κ1) is 14.0. The fraction of sp³-hybridized carbons (Fsp3) is 0.357. The van der Waals surface area contributed by atoms with Crippen molar-refractivity contribution in [1.82, 2.24) is 20.1 Å². The minimum atomic E-state index is -0.0919. The van der Waals surface area contributed by atoms with Gasteiger partial charge >= 0.3 is 0 Å². The van der Waals surface area contributed by atoms with Crippen LogP contribution in [0.5, 0.6) is 0 Å². The molecule has 0 saturated carbocycles. The quantitative estimate of drug-likeness (QED) is 0.832. The minimum absolute atomic E-state index is 0.0919. The number of anilines is 1. The number of nitrogens with one attached hydrogen (secondary N) is 2. The monoisotopic (exact) mass is 273 g/mol. The smallest absolute Gasteiger partial charge is 0.251 e. The van der Waals surface area contributed by atoms with Gasteiger partial charge in [-0.1, -0.05) is 6.92 Å². The Balaban J connectivity index is 1.97. The van der Waals surface area contributed by atoms with E-state index in [2.05, 4.69) is 20.7 Å². The Kier molecular flexibility index (Phi) is 4.70. The van der Waals surface area contributed by atoms with Crippen molar-refractivity contribution < 1.29 is 4.79 Å². The Morgan fingerprint density at radius 3 is 2.90 bits per heavy atom. The SMILES string of the molecule is CCc1cc(C(=O)NCCn2cccn2)cc(NC)n1. The lowest BCUT2D eigenvalue weighted by molar-refractivity contribution is 0.0951. The summed E-state index contributed by atoms with van der Waals surface area (Å²) in [5.41, 5.74) is 1.52. The van der Waals surface area contributed by atoms with Crippen LogP contribution < -0.4 is 10.6 Å². The van der Waals surface area contributed by atoms with E-state index in [-0.39, 0.29) is 5.91 Å². The number of aromatic nitrogens is 3. The van der Waals surface area contributed by atoms with Crippen LogP contribution in [0, 0.1) is 0 Å². The number of amides is 1. The Bertz CT molecular complexity index is 543. The summed E-state index contributed by atoms with van der Waals surface area (Å²) in [6.07, 6.45) is 4.38.